The second kappa shape index (κ2) is 7.62. The van der Waals surface area contributed by atoms with Crippen LogP contribution in [0.15, 0.2) is 36.7 Å². The molecule has 1 aliphatic heterocycles. The normalized spacial score (nSPS) is 18.2. The third-order valence-corrected chi connectivity index (χ3v) is 5.17. The van der Waals surface area contributed by atoms with Crippen molar-refractivity contribution in [1.82, 2.24) is 19.8 Å². The molecule has 1 fully saturated rings. The molecule has 0 saturated carbocycles. The summed E-state index contributed by atoms with van der Waals surface area (Å²) < 4.78 is 2.00. The molecule has 1 unspecified atom stereocenters. The van der Waals surface area contributed by atoms with Crippen molar-refractivity contribution in [2.75, 3.05) is 19.6 Å². The van der Waals surface area contributed by atoms with Crippen LogP contribution < -0.4 is 5.32 Å². The van der Waals surface area contributed by atoms with Crippen LogP contribution in [0.5, 0.6) is 0 Å². The Kier molecular flexibility index (Phi) is 5.47. The van der Waals surface area contributed by atoms with Gasteiger partial charge in [-0.05, 0) is 23.0 Å². The summed E-state index contributed by atoms with van der Waals surface area (Å²) in [6.07, 6.45) is 5.04. The first kappa shape index (κ1) is 18.6. The van der Waals surface area contributed by atoms with Crippen molar-refractivity contribution in [2.24, 2.45) is 7.05 Å². The molecule has 0 bridgehead atoms. The van der Waals surface area contributed by atoms with Gasteiger partial charge in [0.1, 0.15) is 11.9 Å². The first-order chi connectivity index (χ1) is 12.4. The molecule has 1 saturated heterocycles. The third-order valence-electron chi connectivity index (χ3n) is 5.17. The molecule has 1 N–H and O–H groups in total. The highest BCUT2D eigenvalue weighted by Crippen LogP contribution is 2.24. The summed E-state index contributed by atoms with van der Waals surface area (Å²) in [7, 11) is 1.98. The average Bonchev–Trinajstić information content (AvgIpc) is 3.05. The van der Waals surface area contributed by atoms with Gasteiger partial charge in [0.15, 0.2) is 0 Å². The van der Waals surface area contributed by atoms with Crippen molar-refractivity contribution in [1.29, 1.82) is 0 Å². The topological polar surface area (TPSA) is 50.2 Å². The van der Waals surface area contributed by atoms with Crippen molar-refractivity contribution in [3.8, 4) is 0 Å². The number of amides is 1. The number of carbonyl (C=O) groups is 1. The molecular weight excluding hydrogens is 324 g/mol. The van der Waals surface area contributed by atoms with Crippen LogP contribution in [0.2, 0.25) is 0 Å². The summed E-state index contributed by atoms with van der Waals surface area (Å²) in [4.78, 5) is 19.3. The van der Waals surface area contributed by atoms with E-state index in [1.165, 1.54) is 11.1 Å². The monoisotopic (exact) mass is 354 g/mol. The molecule has 0 radical (unpaired) electrons. The quantitative estimate of drug-likeness (QED) is 0.918. The maximum Gasteiger partial charge on any atom is 0.223 e. The summed E-state index contributed by atoms with van der Waals surface area (Å²) in [6.45, 7) is 8.98. The summed E-state index contributed by atoms with van der Waals surface area (Å²) in [5.74, 6) is 1.15. The maximum absolute atomic E-state index is 12.9. The van der Waals surface area contributed by atoms with E-state index in [-0.39, 0.29) is 17.4 Å². The first-order valence-corrected chi connectivity index (χ1v) is 9.43. The summed E-state index contributed by atoms with van der Waals surface area (Å²) in [6, 6.07) is 8.69. The van der Waals surface area contributed by atoms with Gasteiger partial charge in [0, 0.05) is 45.5 Å². The van der Waals surface area contributed by atoms with Gasteiger partial charge in [-0.25, -0.2) is 4.98 Å². The minimum atomic E-state index is 0.0134. The zero-order valence-electron chi connectivity index (χ0n) is 16.3. The molecule has 0 aliphatic carbocycles. The highest BCUT2D eigenvalue weighted by atomic mass is 16.2. The fraction of sp³-hybridized carbons (Fsp3) is 0.524. The van der Waals surface area contributed by atoms with Gasteiger partial charge >= 0.3 is 0 Å². The van der Waals surface area contributed by atoms with E-state index in [1.807, 2.05) is 22.7 Å². The van der Waals surface area contributed by atoms with Gasteiger partial charge in [-0.2, -0.15) is 0 Å². The van der Waals surface area contributed by atoms with E-state index in [1.54, 1.807) is 6.20 Å². The highest BCUT2D eigenvalue weighted by Gasteiger charge is 2.30. The number of imidazole rings is 1. The Morgan fingerprint density at radius 3 is 2.62 bits per heavy atom. The molecule has 26 heavy (non-hydrogen) atoms. The minimum Gasteiger partial charge on any atom is -0.336 e. The Morgan fingerprint density at radius 1 is 1.27 bits per heavy atom. The predicted molar refractivity (Wildman–Crippen MR) is 104 cm³/mol. The van der Waals surface area contributed by atoms with Crippen LogP contribution in [0.25, 0.3) is 0 Å². The number of rotatable bonds is 4. The lowest BCUT2D eigenvalue weighted by molar-refractivity contribution is -0.134. The molecule has 2 heterocycles. The van der Waals surface area contributed by atoms with Crippen LogP contribution in [0.3, 0.4) is 0 Å². The second-order valence-electron chi connectivity index (χ2n) is 8.15. The zero-order chi connectivity index (χ0) is 18.7. The number of hydrogen-bond acceptors (Lipinski definition) is 3. The SMILES string of the molecule is Cn1ccnc1C1CNCCN1C(=O)CCc1ccc(C(C)(C)C)cc1. The number of aryl methyl sites for hydroxylation is 2. The molecule has 5 nitrogen and oxygen atoms in total. The van der Waals surface area contributed by atoms with E-state index in [2.05, 4.69) is 55.3 Å². The number of benzene rings is 1. The largest absolute Gasteiger partial charge is 0.336 e. The van der Waals surface area contributed by atoms with Crippen LogP contribution >= 0.6 is 0 Å². The summed E-state index contributed by atoms with van der Waals surface area (Å²) in [5.41, 5.74) is 2.70. The van der Waals surface area contributed by atoms with Crippen molar-refractivity contribution in [3.05, 3.63) is 53.6 Å². The van der Waals surface area contributed by atoms with E-state index in [4.69, 9.17) is 0 Å². The van der Waals surface area contributed by atoms with E-state index in [0.717, 1.165) is 31.9 Å². The molecule has 2 aromatic rings. The number of carbonyl (C=O) groups excluding carboxylic acids is 1. The van der Waals surface area contributed by atoms with Crippen LogP contribution in [0.1, 0.15) is 50.2 Å². The summed E-state index contributed by atoms with van der Waals surface area (Å²) >= 11 is 0. The van der Waals surface area contributed by atoms with Gasteiger partial charge in [0.2, 0.25) is 5.91 Å². The number of piperazine rings is 1. The Balaban J connectivity index is 1.64. The van der Waals surface area contributed by atoms with Crippen LogP contribution in [0.4, 0.5) is 0 Å². The van der Waals surface area contributed by atoms with E-state index >= 15 is 0 Å². The molecule has 5 heteroatoms. The van der Waals surface area contributed by atoms with Crippen molar-refractivity contribution in [2.45, 2.75) is 45.1 Å². The second-order valence-corrected chi connectivity index (χ2v) is 8.15. The lowest BCUT2D eigenvalue weighted by Gasteiger charge is -2.36. The fourth-order valence-electron chi connectivity index (χ4n) is 3.50. The molecule has 1 atom stereocenters. The maximum atomic E-state index is 12.9. The van der Waals surface area contributed by atoms with Crippen molar-refractivity contribution >= 4 is 5.91 Å². The molecule has 1 aliphatic rings. The molecule has 3 rings (SSSR count). The van der Waals surface area contributed by atoms with Gasteiger partial charge in [0.25, 0.3) is 0 Å². The van der Waals surface area contributed by atoms with Crippen LogP contribution in [-0.4, -0.2) is 40.0 Å². The third kappa shape index (κ3) is 4.15. The molecule has 1 aromatic heterocycles. The zero-order valence-corrected chi connectivity index (χ0v) is 16.3. The molecular formula is C21H30N4O. The van der Waals surface area contributed by atoms with E-state index in [0.29, 0.717) is 6.42 Å². The first-order valence-electron chi connectivity index (χ1n) is 9.43. The molecule has 0 spiro atoms. The van der Waals surface area contributed by atoms with Gasteiger partial charge in [-0.1, -0.05) is 45.0 Å². The van der Waals surface area contributed by atoms with Gasteiger partial charge in [-0.3, -0.25) is 4.79 Å². The van der Waals surface area contributed by atoms with Crippen molar-refractivity contribution < 1.29 is 4.79 Å². The number of nitrogens with one attached hydrogen (secondary N) is 1. The highest BCUT2D eigenvalue weighted by molar-refractivity contribution is 5.77. The van der Waals surface area contributed by atoms with E-state index in [9.17, 15) is 4.79 Å². The van der Waals surface area contributed by atoms with Crippen LogP contribution in [-0.2, 0) is 23.7 Å². The smallest absolute Gasteiger partial charge is 0.223 e. The Hall–Kier alpha value is -2.14. The fourth-order valence-corrected chi connectivity index (χ4v) is 3.50. The lowest BCUT2D eigenvalue weighted by Crippen LogP contribution is -2.49. The van der Waals surface area contributed by atoms with Crippen LogP contribution in [0, 0.1) is 0 Å². The van der Waals surface area contributed by atoms with Gasteiger partial charge in [0.05, 0.1) is 0 Å². The molecule has 1 amide bonds. The number of aromatic nitrogens is 2. The molecule has 1 aromatic carbocycles. The Bertz CT molecular complexity index is 742. The number of hydrogen-bond donors (Lipinski definition) is 1. The number of nitrogens with zero attached hydrogens (tertiary/aromatic N) is 3. The summed E-state index contributed by atoms with van der Waals surface area (Å²) in [5, 5.41) is 3.38. The minimum absolute atomic E-state index is 0.0134. The van der Waals surface area contributed by atoms with E-state index < -0.39 is 0 Å². The Labute approximate surface area is 156 Å². The Morgan fingerprint density at radius 2 is 2.00 bits per heavy atom. The average molecular weight is 354 g/mol. The van der Waals surface area contributed by atoms with Crippen molar-refractivity contribution in [3.63, 3.8) is 0 Å². The molecule has 140 valence electrons. The lowest BCUT2D eigenvalue weighted by atomic mass is 9.86. The predicted octanol–water partition coefficient (Wildman–Crippen LogP) is 2.82. The standard InChI is InChI=1S/C21H30N4O/c1-21(2,3)17-8-5-16(6-9-17)7-10-19(26)25-14-11-22-15-18(25)20-23-12-13-24(20)4/h5-6,8-9,12-13,18,22H,7,10-11,14-15H2,1-4H3. The van der Waals surface area contributed by atoms with Gasteiger partial charge < -0.3 is 14.8 Å². The van der Waals surface area contributed by atoms with Gasteiger partial charge in [-0.15, -0.1) is 0 Å².